The van der Waals surface area contributed by atoms with Crippen molar-refractivity contribution in [3.05, 3.63) is 23.8 Å². The Morgan fingerprint density at radius 3 is 2.71 bits per heavy atom. The largest absolute Gasteiger partial charge is 0.393 e. The molecule has 0 amide bonds. The molecule has 2 fully saturated rings. The molecule has 0 aromatic rings. The fraction of sp³-hybridized carbons (Fsp3) is 0.789. The third kappa shape index (κ3) is 1.78. The van der Waals surface area contributed by atoms with Crippen LogP contribution < -0.4 is 0 Å². The summed E-state index contributed by atoms with van der Waals surface area (Å²) in [6, 6.07) is 0. The molecule has 4 unspecified atom stereocenters. The van der Waals surface area contributed by atoms with Gasteiger partial charge in [0.05, 0.1) is 12.2 Å². The van der Waals surface area contributed by atoms with Crippen molar-refractivity contribution in [2.45, 2.75) is 64.6 Å². The van der Waals surface area contributed by atoms with Gasteiger partial charge in [-0.25, -0.2) is 0 Å². The number of hydrogen-bond acceptors (Lipinski definition) is 2. The zero-order chi connectivity index (χ0) is 14.8. The Hall–Kier alpha value is -0.600. The van der Waals surface area contributed by atoms with Gasteiger partial charge in [-0.05, 0) is 61.7 Å². The molecule has 0 aliphatic heterocycles. The summed E-state index contributed by atoms with van der Waals surface area (Å²) in [6.45, 7) is 4.71. The molecule has 4 aliphatic rings. The van der Waals surface area contributed by atoms with Crippen molar-refractivity contribution in [2.75, 3.05) is 0 Å². The Balaban J connectivity index is 1.71. The van der Waals surface area contributed by atoms with Gasteiger partial charge in [0.1, 0.15) is 0 Å². The lowest BCUT2D eigenvalue weighted by atomic mass is 9.49. The molecule has 116 valence electrons. The first kappa shape index (κ1) is 14.0. The van der Waals surface area contributed by atoms with E-state index in [4.69, 9.17) is 0 Å². The molecular formula is C19H28O2. The topological polar surface area (TPSA) is 40.5 Å². The average Bonchev–Trinajstić information content (AvgIpc) is 2.76. The Labute approximate surface area is 127 Å². The molecule has 0 spiro atoms. The molecule has 4 rings (SSSR count). The van der Waals surface area contributed by atoms with Gasteiger partial charge >= 0.3 is 0 Å². The summed E-state index contributed by atoms with van der Waals surface area (Å²) < 4.78 is 0. The summed E-state index contributed by atoms with van der Waals surface area (Å²) in [4.78, 5) is 0. The maximum atomic E-state index is 10.4. The Bertz CT molecular complexity index is 508. The van der Waals surface area contributed by atoms with Gasteiger partial charge in [-0.3, -0.25) is 0 Å². The predicted molar refractivity (Wildman–Crippen MR) is 83.6 cm³/mol. The molecular weight excluding hydrogens is 260 g/mol. The van der Waals surface area contributed by atoms with Gasteiger partial charge in [0.2, 0.25) is 0 Å². The zero-order valence-electron chi connectivity index (χ0n) is 13.3. The molecule has 2 saturated carbocycles. The summed E-state index contributed by atoms with van der Waals surface area (Å²) in [6.07, 6.45) is 12.9. The van der Waals surface area contributed by atoms with Crippen molar-refractivity contribution in [1.82, 2.24) is 0 Å². The van der Waals surface area contributed by atoms with Gasteiger partial charge in [0.15, 0.2) is 0 Å². The monoisotopic (exact) mass is 288 g/mol. The smallest absolute Gasteiger partial charge is 0.0758 e. The van der Waals surface area contributed by atoms with Gasteiger partial charge < -0.3 is 10.2 Å². The second kappa shape index (κ2) is 4.45. The van der Waals surface area contributed by atoms with Crippen LogP contribution in [0.5, 0.6) is 0 Å². The van der Waals surface area contributed by atoms with Crippen LogP contribution in [0.25, 0.3) is 0 Å². The molecule has 7 atom stereocenters. The van der Waals surface area contributed by atoms with Crippen molar-refractivity contribution in [3.63, 3.8) is 0 Å². The predicted octanol–water partition coefficient (Wildman–Crippen LogP) is 3.45. The second-order valence-corrected chi connectivity index (χ2v) is 8.39. The van der Waals surface area contributed by atoms with E-state index in [9.17, 15) is 10.2 Å². The minimum atomic E-state index is -0.289. The van der Waals surface area contributed by atoms with E-state index in [1.54, 1.807) is 0 Å². The lowest BCUT2D eigenvalue weighted by Gasteiger charge is -2.56. The Morgan fingerprint density at radius 1 is 1.10 bits per heavy atom. The van der Waals surface area contributed by atoms with Gasteiger partial charge in [0.25, 0.3) is 0 Å². The van der Waals surface area contributed by atoms with Crippen molar-refractivity contribution in [1.29, 1.82) is 0 Å². The van der Waals surface area contributed by atoms with Gasteiger partial charge in [-0.15, -0.1) is 0 Å². The highest BCUT2D eigenvalue weighted by Crippen LogP contribution is 2.63. The van der Waals surface area contributed by atoms with Crippen molar-refractivity contribution >= 4 is 0 Å². The normalized spacial score (nSPS) is 55.4. The number of allylic oxidation sites excluding steroid dienone is 2. The zero-order valence-corrected chi connectivity index (χ0v) is 13.3. The highest BCUT2D eigenvalue weighted by Gasteiger charge is 2.57. The maximum absolute atomic E-state index is 10.4. The fourth-order valence-corrected chi connectivity index (χ4v) is 6.21. The van der Waals surface area contributed by atoms with Crippen LogP contribution in [0.15, 0.2) is 23.8 Å². The lowest BCUT2D eigenvalue weighted by Crippen LogP contribution is -2.50. The molecule has 0 bridgehead atoms. The maximum Gasteiger partial charge on any atom is 0.0758 e. The van der Waals surface area contributed by atoms with Crippen LogP contribution in [-0.2, 0) is 0 Å². The van der Waals surface area contributed by atoms with Crippen LogP contribution >= 0.6 is 0 Å². The molecule has 2 N–H and O–H groups in total. The van der Waals surface area contributed by atoms with E-state index >= 15 is 0 Å². The number of hydrogen-bond donors (Lipinski definition) is 2. The molecule has 2 heteroatoms. The van der Waals surface area contributed by atoms with Crippen LogP contribution in [0.4, 0.5) is 0 Å². The van der Waals surface area contributed by atoms with Crippen LogP contribution in [0, 0.1) is 28.6 Å². The lowest BCUT2D eigenvalue weighted by molar-refractivity contribution is -0.0551. The third-order valence-electron chi connectivity index (χ3n) is 7.58. The van der Waals surface area contributed by atoms with E-state index in [1.165, 1.54) is 24.8 Å². The van der Waals surface area contributed by atoms with Crippen molar-refractivity contribution in [3.8, 4) is 0 Å². The van der Waals surface area contributed by atoms with Crippen molar-refractivity contribution in [2.24, 2.45) is 28.6 Å². The summed E-state index contributed by atoms with van der Waals surface area (Å²) in [5, 5.41) is 20.4. The summed E-state index contributed by atoms with van der Waals surface area (Å²) in [5.74, 6) is 2.10. The first-order valence-electron chi connectivity index (χ1n) is 8.70. The number of aliphatic hydroxyl groups is 2. The Kier molecular flexibility index (Phi) is 2.97. The first-order valence-corrected chi connectivity index (χ1v) is 8.70. The third-order valence-corrected chi connectivity index (χ3v) is 7.58. The molecule has 0 radical (unpaired) electrons. The molecule has 2 nitrogen and oxygen atoms in total. The molecule has 0 aromatic carbocycles. The number of fused-ring (bicyclic) bond motifs is 5. The van der Waals surface area contributed by atoms with Gasteiger partial charge in [-0.1, -0.05) is 37.6 Å². The second-order valence-electron chi connectivity index (χ2n) is 8.39. The number of aliphatic hydroxyl groups excluding tert-OH is 2. The van der Waals surface area contributed by atoms with Crippen LogP contribution in [0.3, 0.4) is 0 Å². The van der Waals surface area contributed by atoms with E-state index in [0.717, 1.165) is 25.2 Å². The van der Waals surface area contributed by atoms with E-state index in [2.05, 4.69) is 26.0 Å². The van der Waals surface area contributed by atoms with Crippen molar-refractivity contribution < 1.29 is 10.2 Å². The highest BCUT2D eigenvalue weighted by molar-refractivity contribution is 5.32. The average molecular weight is 288 g/mol. The SMILES string of the molecule is C[C@]12CCC3C(CC=C4C[C@@H](O)C=C[C@@]43C)C1CCC2O. The molecule has 0 heterocycles. The summed E-state index contributed by atoms with van der Waals surface area (Å²) in [5.41, 5.74) is 1.76. The quantitative estimate of drug-likeness (QED) is 0.670. The van der Waals surface area contributed by atoms with Crippen LogP contribution in [-0.4, -0.2) is 22.4 Å². The summed E-state index contributed by atoms with van der Waals surface area (Å²) >= 11 is 0. The minimum Gasteiger partial charge on any atom is -0.393 e. The van der Waals surface area contributed by atoms with E-state index in [0.29, 0.717) is 11.8 Å². The standard InChI is InChI=1S/C19H28O2/c1-18-9-7-13(20)11-12(18)3-4-14-15-5-6-17(21)19(15,2)10-8-16(14)18/h3,7,9,13-17,20-21H,4-6,8,10-11H2,1-2H3/t13-,14?,15?,16?,17?,18-,19-/m0/s1. The van der Waals surface area contributed by atoms with Crippen LogP contribution in [0.2, 0.25) is 0 Å². The first-order chi connectivity index (χ1) is 9.95. The van der Waals surface area contributed by atoms with Gasteiger partial charge in [-0.2, -0.15) is 0 Å². The molecule has 4 aliphatic carbocycles. The molecule has 21 heavy (non-hydrogen) atoms. The van der Waals surface area contributed by atoms with E-state index in [1.807, 2.05) is 6.08 Å². The van der Waals surface area contributed by atoms with E-state index < -0.39 is 0 Å². The summed E-state index contributed by atoms with van der Waals surface area (Å²) in [7, 11) is 0. The van der Waals surface area contributed by atoms with E-state index in [-0.39, 0.29) is 23.0 Å². The minimum absolute atomic E-state index is 0.0923. The molecule has 0 aromatic heterocycles. The highest BCUT2D eigenvalue weighted by atomic mass is 16.3. The fourth-order valence-electron chi connectivity index (χ4n) is 6.21. The Morgan fingerprint density at radius 2 is 1.90 bits per heavy atom. The van der Waals surface area contributed by atoms with Gasteiger partial charge in [0, 0.05) is 5.41 Å². The number of rotatable bonds is 0. The molecule has 0 saturated heterocycles. The van der Waals surface area contributed by atoms with Crippen LogP contribution in [0.1, 0.15) is 52.4 Å².